The van der Waals surface area contributed by atoms with Gasteiger partial charge in [-0.05, 0) is 25.7 Å². The first-order chi connectivity index (χ1) is 13.2. The van der Waals surface area contributed by atoms with Crippen LogP contribution in [0.5, 0.6) is 5.88 Å². The molecule has 0 radical (unpaired) electrons. The fraction of sp³-hybridized carbons (Fsp3) is 0.500. The molecule has 3 aromatic heterocycles. The Labute approximate surface area is 158 Å². The minimum atomic E-state index is 0.565. The van der Waals surface area contributed by atoms with Gasteiger partial charge in [0.1, 0.15) is 5.82 Å². The summed E-state index contributed by atoms with van der Waals surface area (Å²) >= 11 is 0. The zero-order valence-electron chi connectivity index (χ0n) is 15.9. The molecule has 0 aliphatic carbocycles. The first kappa shape index (κ1) is 17.4. The van der Waals surface area contributed by atoms with Crippen molar-refractivity contribution in [2.75, 3.05) is 43.6 Å². The summed E-state index contributed by atoms with van der Waals surface area (Å²) in [5.74, 6) is 3.73. The van der Waals surface area contributed by atoms with Crippen molar-refractivity contribution in [1.82, 2.24) is 29.5 Å². The molecule has 0 N–H and O–H groups in total. The van der Waals surface area contributed by atoms with E-state index in [1.807, 2.05) is 30.8 Å². The monoisotopic (exact) mass is 368 g/mol. The molecule has 1 aliphatic heterocycles. The number of anilines is 2. The summed E-state index contributed by atoms with van der Waals surface area (Å²) in [6.07, 6.45) is 9.24. The van der Waals surface area contributed by atoms with E-state index in [0.717, 1.165) is 55.6 Å². The predicted octanol–water partition coefficient (Wildman–Crippen LogP) is 1.58. The lowest BCUT2D eigenvalue weighted by atomic mass is 9.96. The highest BCUT2D eigenvalue weighted by atomic mass is 16.5. The third-order valence-electron chi connectivity index (χ3n) is 5.13. The highest BCUT2D eigenvalue weighted by Crippen LogP contribution is 2.27. The first-order valence-corrected chi connectivity index (χ1v) is 9.14. The number of ether oxygens (including phenoxy) is 1. The Hall–Kier alpha value is -2.97. The molecule has 0 atom stereocenters. The second-order valence-electron chi connectivity index (χ2n) is 6.89. The van der Waals surface area contributed by atoms with Gasteiger partial charge in [-0.1, -0.05) is 0 Å². The average Bonchev–Trinajstić information content (AvgIpc) is 3.10. The molecule has 1 saturated heterocycles. The lowest BCUT2D eigenvalue weighted by Gasteiger charge is -2.34. The van der Waals surface area contributed by atoms with Gasteiger partial charge in [0.05, 0.1) is 7.11 Å². The fourth-order valence-corrected chi connectivity index (χ4v) is 3.68. The van der Waals surface area contributed by atoms with Crippen LogP contribution in [0.1, 0.15) is 18.7 Å². The van der Waals surface area contributed by atoms with Crippen LogP contribution in [-0.4, -0.2) is 63.3 Å². The Morgan fingerprint density at radius 3 is 2.67 bits per heavy atom. The lowest BCUT2D eigenvalue weighted by molar-refractivity contribution is 0.386. The van der Waals surface area contributed by atoms with Crippen molar-refractivity contribution < 1.29 is 4.74 Å². The van der Waals surface area contributed by atoms with Crippen LogP contribution in [-0.2, 0) is 0 Å². The van der Waals surface area contributed by atoms with Gasteiger partial charge in [-0.2, -0.15) is 0 Å². The van der Waals surface area contributed by atoms with E-state index in [0.29, 0.717) is 11.8 Å². The molecule has 9 nitrogen and oxygen atoms in total. The predicted molar refractivity (Wildman–Crippen MR) is 102 cm³/mol. The maximum absolute atomic E-state index is 5.33. The van der Waals surface area contributed by atoms with E-state index in [1.54, 1.807) is 19.5 Å². The van der Waals surface area contributed by atoms with Crippen molar-refractivity contribution in [3.05, 3.63) is 30.6 Å². The highest BCUT2D eigenvalue weighted by Gasteiger charge is 2.24. The van der Waals surface area contributed by atoms with Crippen molar-refractivity contribution >= 4 is 17.3 Å². The van der Waals surface area contributed by atoms with Crippen LogP contribution in [0.25, 0.3) is 5.65 Å². The number of piperidine rings is 1. The van der Waals surface area contributed by atoms with Crippen LogP contribution in [0.2, 0.25) is 0 Å². The molecule has 0 amide bonds. The number of rotatable bonds is 5. The standard InChI is InChI=1S/C18H24N8O/c1-13-22-23-16-15(20-8-11-26(13)16)25-9-4-14(5-10-25)12-24(2)17-18(27-3)21-7-6-19-17/h6-8,11,14H,4-5,9-10,12H2,1-3H3. The third kappa shape index (κ3) is 3.36. The number of methoxy groups -OCH3 is 1. The molecule has 3 aromatic rings. The van der Waals surface area contributed by atoms with Crippen molar-refractivity contribution in [3.8, 4) is 5.88 Å². The number of hydrogen-bond donors (Lipinski definition) is 0. The topological polar surface area (TPSA) is 84.6 Å². The van der Waals surface area contributed by atoms with Crippen LogP contribution in [0.4, 0.5) is 11.6 Å². The number of fused-ring (bicyclic) bond motifs is 1. The Balaban J connectivity index is 1.41. The molecule has 0 spiro atoms. The molecule has 4 heterocycles. The van der Waals surface area contributed by atoms with Gasteiger partial charge in [-0.3, -0.25) is 4.40 Å². The average molecular weight is 368 g/mol. The number of hydrogen-bond acceptors (Lipinski definition) is 8. The van der Waals surface area contributed by atoms with E-state index in [4.69, 9.17) is 4.74 Å². The van der Waals surface area contributed by atoms with Gasteiger partial charge in [0.2, 0.25) is 5.65 Å². The lowest BCUT2D eigenvalue weighted by Crippen LogP contribution is -2.38. The summed E-state index contributed by atoms with van der Waals surface area (Å²) in [5, 5.41) is 8.46. The zero-order chi connectivity index (χ0) is 18.8. The van der Waals surface area contributed by atoms with E-state index in [2.05, 4.69) is 34.9 Å². The molecule has 0 bridgehead atoms. The Bertz CT molecular complexity index is 919. The largest absolute Gasteiger partial charge is 0.478 e. The minimum Gasteiger partial charge on any atom is -0.478 e. The maximum Gasteiger partial charge on any atom is 0.257 e. The SMILES string of the molecule is COc1nccnc1N(C)CC1CCN(c2nccn3c(C)nnc23)CC1. The maximum atomic E-state index is 5.33. The Kier molecular flexibility index (Phi) is 4.74. The van der Waals surface area contributed by atoms with Crippen molar-refractivity contribution in [3.63, 3.8) is 0 Å². The molecule has 0 aromatic carbocycles. The van der Waals surface area contributed by atoms with E-state index in [9.17, 15) is 0 Å². The summed E-state index contributed by atoms with van der Waals surface area (Å²) in [6, 6.07) is 0. The van der Waals surface area contributed by atoms with Gasteiger partial charge in [0.25, 0.3) is 5.88 Å². The number of aryl methyl sites for hydroxylation is 1. The molecule has 142 valence electrons. The van der Waals surface area contributed by atoms with Gasteiger partial charge < -0.3 is 14.5 Å². The smallest absolute Gasteiger partial charge is 0.257 e. The summed E-state index contributed by atoms with van der Waals surface area (Å²) in [5.41, 5.74) is 0.829. The quantitative estimate of drug-likeness (QED) is 0.671. The van der Waals surface area contributed by atoms with E-state index in [1.165, 1.54) is 0 Å². The highest BCUT2D eigenvalue weighted by molar-refractivity contribution is 5.63. The molecule has 1 aliphatic rings. The summed E-state index contributed by atoms with van der Waals surface area (Å²) in [4.78, 5) is 17.6. The normalized spacial score (nSPS) is 15.3. The minimum absolute atomic E-state index is 0.565. The van der Waals surface area contributed by atoms with Gasteiger partial charge in [-0.15, -0.1) is 10.2 Å². The van der Waals surface area contributed by atoms with Crippen molar-refractivity contribution in [2.24, 2.45) is 5.92 Å². The van der Waals surface area contributed by atoms with Gasteiger partial charge in [0, 0.05) is 51.5 Å². The molecule has 1 fully saturated rings. The van der Waals surface area contributed by atoms with E-state index >= 15 is 0 Å². The molecule has 27 heavy (non-hydrogen) atoms. The zero-order valence-corrected chi connectivity index (χ0v) is 15.9. The van der Waals surface area contributed by atoms with Crippen molar-refractivity contribution in [1.29, 1.82) is 0 Å². The van der Waals surface area contributed by atoms with Crippen LogP contribution in [0.15, 0.2) is 24.8 Å². The Morgan fingerprint density at radius 2 is 1.89 bits per heavy atom. The first-order valence-electron chi connectivity index (χ1n) is 9.14. The molecule has 9 heteroatoms. The second kappa shape index (κ2) is 7.34. The summed E-state index contributed by atoms with van der Waals surface area (Å²) in [7, 11) is 3.67. The van der Waals surface area contributed by atoms with Crippen LogP contribution < -0.4 is 14.5 Å². The van der Waals surface area contributed by atoms with Gasteiger partial charge in [0.15, 0.2) is 11.6 Å². The van der Waals surface area contributed by atoms with Gasteiger partial charge in [-0.25, -0.2) is 15.0 Å². The molecular weight excluding hydrogens is 344 g/mol. The third-order valence-corrected chi connectivity index (χ3v) is 5.13. The fourth-order valence-electron chi connectivity index (χ4n) is 3.68. The van der Waals surface area contributed by atoms with E-state index < -0.39 is 0 Å². The van der Waals surface area contributed by atoms with Gasteiger partial charge >= 0.3 is 0 Å². The summed E-state index contributed by atoms with van der Waals surface area (Å²) < 4.78 is 7.32. The molecule has 0 saturated carbocycles. The van der Waals surface area contributed by atoms with Crippen molar-refractivity contribution in [2.45, 2.75) is 19.8 Å². The summed E-state index contributed by atoms with van der Waals surface area (Å²) in [6.45, 7) is 4.78. The molecular formula is C18H24N8O. The van der Waals surface area contributed by atoms with Crippen LogP contribution in [0, 0.1) is 12.8 Å². The molecule has 0 unspecified atom stereocenters. The van der Waals surface area contributed by atoms with E-state index in [-0.39, 0.29) is 0 Å². The van der Waals surface area contributed by atoms with Crippen LogP contribution >= 0.6 is 0 Å². The van der Waals surface area contributed by atoms with Crippen LogP contribution in [0.3, 0.4) is 0 Å². The Morgan fingerprint density at radius 1 is 1.11 bits per heavy atom. The number of nitrogens with zero attached hydrogens (tertiary/aromatic N) is 8. The number of aromatic nitrogens is 6. The molecule has 4 rings (SSSR count). The second-order valence-corrected chi connectivity index (χ2v) is 6.89.